The molecule has 0 saturated carbocycles. The molecule has 1 N–H and O–H groups in total. The molecule has 1 aliphatic heterocycles. The molecule has 0 bridgehead atoms. The van der Waals surface area contributed by atoms with Crippen LogP contribution in [0.5, 0.6) is 5.75 Å². The molecule has 3 rings (SSSR count). The molecule has 26 heavy (non-hydrogen) atoms. The monoisotopic (exact) mass is 373 g/mol. The van der Waals surface area contributed by atoms with Crippen molar-refractivity contribution in [3.8, 4) is 5.75 Å². The van der Waals surface area contributed by atoms with Crippen molar-refractivity contribution in [2.45, 2.75) is 38.6 Å². The number of ether oxygens (including phenoxy) is 1. The Kier molecular flexibility index (Phi) is 5.99. The van der Waals surface area contributed by atoms with E-state index in [4.69, 9.17) is 16.3 Å². The molecule has 1 aromatic carbocycles. The number of piperidine rings is 1. The first-order valence-electron chi connectivity index (χ1n) is 9.00. The maximum Gasteiger partial charge on any atom is 0.274 e. The zero-order chi connectivity index (χ0) is 18.5. The summed E-state index contributed by atoms with van der Waals surface area (Å²) in [6.07, 6.45) is 6.44. The van der Waals surface area contributed by atoms with Gasteiger partial charge in [0.25, 0.3) is 5.91 Å². The van der Waals surface area contributed by atoms with Gasteiger partial charge in [-0.05, 0) is 56.0 Å². The minimum atomic E-state index is -0.280. The smallest absolute Gasteiger partial charge is 0.274 e. The first kappa shape index (κ1) is 18.5. The summed E-state index contributed by atoms with van der Waals surface area (Å²) in [5, 5.41) is 3.37. The first-order valence-corrected chi connectivity index (χ1v) is 9.37. The number of nitrogens with zero attached hydrogens (tertiary/aromatic N) is 2. The van der Waals surface area contributed by atoms with Gasteiger partial charge in [0.15, 0.2) is 0 Å². The summed E-state index contributed by atoms with van der Waals surface area (Å²) >= 11 is 6.03. The van der Waals surface area contributed by atoms with Gasteiger partial charge in [-0.1, -0.05) is 18.5 Å². The summed E-state index contributed by atoms with van der Waals surface area (Å²) in [5.74, 6) is 0.276. The highest BCUT2D eigenvalue weighted by molar-refractivity contribution is 6.31. The summed E-state index contributed by atoms with van der Waals surface area (Å²) in [6.45, 7) is 3.23. The number of hydrogen-bond donors (Lipinski definition) is 1. The number of rotatable bonds is 5. The standard InChI is InChI=1S/C20H24ClN3O2/c1-3-15-6-4-5-11-24(15)16-9-10-22-18(13-16)20(25)23-17-12-14(21)7-8-19(17)26-2/h7-10,12-13,15H,3-6,11H2,1-2H3,(H,23,25). The Labute approximate surface area is 159 Å². The number of benzene rings is 1. The molecule has 1 saturated heterocycles. The van der Waals surface area contributed by atoms with E-state index in [1.54, 1.807) is 31.5 Å². The highest BCUT2D eigenvalue weighted by Gasteiger charge is 2.22. The molecule has 1 aromatic heterocycles. The molecular weight excluding hydrogens is 350 g/mol. The molecule has 2 heterocycles. The predicted molar refractivity (Wildman–Crippen MR) is 105 cm³/mol. The average Bonchev–Trinajstić information content (AvgIpc) is 2.68. The van der Waals surface area contributed by atoms with Crippen LogP contribution in [0, 0.1) is 0 Å². The van der Waals surface area contributed by atoms with Gasteiger partial charge in [-0.25, -0.2) is 0 Å². The minimum Gasteiger partial charge on any atom is -0.495 e. The van der Waals surface area contributed by atoms with Crippen LogP contribution in [0.1, 0.15) is 43.1 Å². The van der Waals surface area contributed by atoms with Gasteiger partial charge in [-0.15, -0.1) is 0 Å². The van der Waals surface area contributed by atoms with E-state index in [9.17, 15) is 4.79 Å². The summed E-state index contributed by atoms with van der Waals surface area (Å²) in [7, 11) is 1.55. The average molecular weight is 374 g/mol. The van der Waals surface area contributed by atoms with Gasteiger partial charge in [-0.3, -0.25) is 9.78 Å². The summed E-state index contributed by atoms with van der Waals surface area (Å²) < 4.78 is 5.28. The predicted octanol–water partition coefficient (Wildman–Crippen LogP) is 4.76. The fourth-order valence-corrected chi connectivity index (χ4v) is 3.62. The summed E-state index contributed by atoms with van der Waals surface area (Å²) in [5.41, 5.74) is 1.96. The fourth-order valence-electron chi connectivity index (χ4n) is 3.45. The van der Waals surface area contributed by atoms with Crippen molar-refractivity contribution in [3.05, 3.63) is 47.2 Å². The lowest BCUT2D eigenvalue weighted by Crippen LogP contribution is -2.39. The number of carbonyl (C=O) groups excluding carboxylic acids is 1. The van der Waals surface area contributed by atoms with Crippen molar-refractivity contribution in [2.75, 3.05) is 23.9 Å². The largest absolute Gasteiger partial charge is 0.495 e. The van der Waals surface area contributed by atoms with E-state index in [0.717, 1.165) is 18.7 Å². The number of halogens is 1. The fraction of sp³-hybridized carbons (Fsp3) is 0.400. The number of pyridine rings is 1. The normalized spacial score (nSPS) is 17.0. The zero-order valence-electron chi connectivity index (χ0n) is 15.2. The Morgan fingerprint density at radius 2 is 2.19 bits per heavy atom. The molecule has 1 atom stereocenters. The number of hydrogen-bond acceptors (Lipinski definition) is 4. The number of anilines is 2. The van der Waals surface area contributed by atoms with Crippen LogP contribution >= 0.6 is 11.6 Å². The Bertz CT molecular complexity index is 781. The van der Waals surface area contributed by atoms with Crippen molar-refractivity contribution in [1.82, 2.24) is 4.98 Å². The maximum atomic E-state index is 12.7. The lowest BCUT2D eigenvalue weighted by atomic mass is 9.99. The molecule has 1 unspecified atom stereocenters. The van der Waals surface area contributed by atoms with Crippen LogP contribution in [-0.4, -0.2) is 30.6 Å². The second kappa shape index (κ2) is 8.41. The molecule has 5 nitrogen and oxygen atoms in total. The van der Waals surface area contributed by atoms with Crippen LogP contribution in [0.3, 0.4) is 0 Å². The van der Waals surface area contributed by atoms with E-state index in [1.165, 1.54) is 19.3 Å². The van der Waals surface area contributed by atoms with Gasteiger partial charge in [0.1, 0.15) is 11.4 Å². The van der Waals surface area contributed by atoms with E-state index in [-0.39, 0.29) is 5.91 Å². The van der Waals surface area contributed by atoms with Crippen molar-refractivity contribution >= 4 is 28.9 Å². The van der Waals surface area contributed by atoms with E-state index in [1.807, 2.05) is 12.1 Å². The molecule has 0 aliphatic carbocycles. The second-order valence-electron chi connectivity index (χ2n) is 6.45. The van der Waals surface area contributed by atoms with Crippen molar-refractivity contribution in [2.24, 2.45) is 0 Å². The van der Waals surface area contributed by atoms with Gasteiger partial charge in [-0.2, -0.15) is 0 Å². The van der Waals surface area contributed by atoms with Gasteiger partial charge < -0.3 is 15.0 Å². The van der Waals surface area contributed by atoms with Crippen molar-refractivity contribution in [3.63, 3.8) is 0 Å². The Hall–Kier alpha value is -2.27. The molecule has 1 amide bonds. The van der Waals surface area contributed by atoms with Crippen LogP contribution in [0.4, 0.5) is 11.4 Å². The van der Waals surface area contributed by atoms with Gasteiger partial charge >= 0.3 is 0 Å². The molecule has 0 radical (unpaired) electrons. The third kappa shape index (κ3) is 4.10. The van der Waals surface area contributed by atoms with E-state index in [2.05, 4.69) is 22.1 Å². The molecule has 138 valence electrons. The Morgan fingerprint density at radius 3 is 2.96 bits per heavy atom. The highest BCUT2D eigenvalue weighted by atomic mass is 35.5. The SMILES string of the molecule is CCC1CCCCN1c1ccnc(C(=O)Nc2cc(Cl)ccc2OC)c1. The zero-order valence-corrected chi connectivity index (χ0v) is 15.9. The second-order valence-corrected chi connectivity index (χ2v) is 6.89. The van der Waals surface area contributed by atoms with Crippen LogP contribution in [0.15, 0.2) is 36.5 Å². The van der Waals surface area contributed by atoms with E-state index in [0.29, 0.717) is 28.2 Å². The molecule has 1 aliphatic rings. The summed E-state index contributed by atoms with van der Waals surface area (Å²) in [6, 6.07) is 9.47. The molecule has 0 spiro atoms. The lowest BCUT2D eigenvalue weighted by molar-refractivity contribution is 0.102. The molecule has 6 heteroatoms. The maximum absolute atomic E-state index is 12.7. The number of nitrogens with one attached hydrogen (secondary N) is 1. The number of amides is 1. The number of carbonyl (C=O) groups is 1. The quantitative estimate of drug-likeness (QED) is 0.820. The Balaban J connectivity index is 1.81. The number of aromatic nitrogens is 1. The van der Waals surface area contributed by atoms with Gasteiger partial charge in [0, 0.05) is 29.5 Å². The van der Waals surface area contributed by atoms with E-state index >= 15 is 0 Å². The third-order valence-corrected chi connectivity index (χ3v) is 5.05. The molecular formula is C20H24ClN3O2. The van der Waals surface area contributed by atoms with Crippen molar-refractivity contribution in [1.29, 1.82) is 0 Å². The summed E-state index contributed by atoms with van der Waals surface area (Å²) in [4.78, 5) is 19.3. The van der Waals surface area contributed by atoms with Crippen molar-refractivity contribution < 1.29 is 9.53 Å². The van der Waals surface area contributed by atoms with Crippen LogP contribution in [0.2, 0.25) is 5.02 Å². The third-order valence-electron chi connectivity index (χ3n) is 4.82. The van der Waals surface area contributed by atoms with Crippen LogP contribution in [0.25, 0.3) is 0 Å². The van der Waals surface area contributed by atoms with Crippen LogP contribution in [-0.2, 0) is 0 Å². The van der Waals surface area contributed by atoms with Gasteiger partial charge in [0.05, 0.1) is 12.8 Å². The van der Waals surface area contributed by atoms with Crippen LogP contribution < -0.4 is 15.0 Å². The number of methoxy groups -OCH3 is 1. The molecule has 1 fully saturated rings. The topological polar surface area (TPSA) is 54.5 Å². The Morgan fingerprint density at radius 1 is 1.35 bits per heavy atom. The first-order chi connectivity index (χ1) is 12.6. The van der Waals surface area contributed by atoms with E-state index < -0.39 is 0 Å². The highest BCUT2D eigenvalue weighted by Crippen LogP contribution is 2.29. The lowest BCUT2D eigenvalue weighted by Gasteiger charge is -2.37. The molecule has 2 aromatic rings. The minimum absolute atomic E-state index is 0.280. The van der Waals surface area contributed by atoms with Gasteiger partial charge in [0.2, 0.25) is 0 Å².